The molecule has 0 saturated heterocycles. The zero-order chi connectivity index (χ0) is 14.9. The van der Waals surface area contributed by atoms with Crippen molar-refractivity contribution >= 4 is 29.0 Å². The summed E-state index contributed by atoms with van der Waals surface area (Å²) in [6.45, 7) is 0. The molecule has 106 valence electrons. The number of nitrogens with zero attached hydrogens (tertiary/aromatic N) is 2. The van der Waals surface area contributed by atoms with Crippen LogP contribution in [0.2, 0.25) is 5.02 Å². The van der Waals surface area contributed by atoms with Crippen molar-refractivity contribution in [2.75, 3.05) is 11.1 Å². The van der Waals surface area contributed by atoms with Crippen molar-refractivity contribution in [3.8, 4) is 0 Å². The van der Waals surface area contributed by atoms with Crippen molar-refractivity contribution in [1.29, 1.82) is 0 Å². The van der Waals surface area contributed by atoms with Crippen LogP contribution in [0.5, 0.6) is 0 Å². The molecule has 0 fully saturated rings. The van der Waals surface area contributed by atoms with Gasteiger partial charge in [0.15, 0.2) is 0 Å². The maximum Gasteiger partial charge on any atom is 0.416 e. The van der Waals surface area contributed by atoms with Gasteiger partial charge in [-0.1, -0.05) is 11.6 Å². The van der Waals surface area contributed by atoms with Gasteiger partial charge in [-0.3, -0.25) is 4.79 Å². The fourth-order valence-corrected chi connectivity index (χ4v) is 1.60. The molecule has 1 aromatic carbocycles. The van der Waals surface area contributed by atoms with E-state index in [1.807, 2.05) is 0 Å². The number of amides is 1. The average Bonchev–Trinajstić information content (AvgIpc) is 2.73. The first-order chi connectivity index (χ1) is 9.27. The maximum absolute atomic E-state index is 12.6. The van der Waals surface area contributed by atoms with Crippen LogP contribution in [0.1, 0.15) is 16.1 Å². The Labute approximate surface area is 114 Å². The van der Waals surface area contributed by atoms with Crippen LogP contribution in [0, 0.1) is 0 Å². The van der Waals surface area contributed by atoms with E-state index in [9.17, 15) is 18.0 Å². The zero-order valence-electron chi connectivity index (χ0n) is 9.53. The van der Waals surface area contributed by atoms with Gasteiger partial charge in [-0.25, -0.2) is 4.63 Å². The van der Waals surface area contributed by atoms with Crippen LogP contribution < -0.4 is 11.1 Å². The highest BCUT2D eigenvalue weighted by atomic mass is 35.5. The van der Waals surface area contributed by atoms with Crippen LogP contribution in [-0.2, 0) is 6.18 Å². The van der Waals surface area contributed by atoms with E-state index in [1.54, 1.807) is 0 Å². The molecule has 20 heavy (non-hydrogen) atoms. The van der Waals surface area contributed by atoms with Gasteiger partial charge in [0.05, 0.1) is 5.56 Å². The summed E-state index contributed by atoms with van der Waals surface area (Å²) in [6.07, 6.45) is -4.58. The van der Waals surface area contributed by atoms with Gasteiger partial charge in [-0.15, -0.1) is 0 Å². The van der Waals surface area contributed by atoms with Crippen LogP contribution in [-0.4, -0.2) is 16.2 Å². The van der Waals surface area contributed by atoms with Gasteiger partial charge in [0, 0.05) is 10.7 Å². The van der Waals surface area contributed by atoms with Crippen molar-refractivity contribution in [2.24, 2.45) is 0 Å². The van der Waals surface area contributed by atoms with Gasteiger partial charge >= 0.3 is 6.18 Å². The van der Waals surface area contributed by atoms with Crippen LogP contribution in [0.15, 0.2) is 22.8 Å². The van der Waals surface area contributed by atoms with Gasteiger partial charge in [-0.05, 0) is 28.5 Å². The minimum Gasteiger partial charge on any atom is -0.379 e. The smallest absolute Gasteiger partial charge is 0.379 e. The number of carbonyl (C=O) groups excluding carboxylic acids is 1. The van der Waals surface area contributed by atoms with Gasteiger partial charge in [0.2, 0.25) is 11.5 Å². The van der Waals surface area contributed by atoms with Crippen LogP contribution in [0.3, 0.4) is 0 Å². The summed E-state index contributed by atoms with van der Waals surface area (Å²) in [4.78, 5) is 11.7. The largest absolute Gasteiger partial charge is 0.416 e. The lowest BCUT2D eigenvalue weighted by atomic mass is 10.2. The number of rotatable bonds is 2. The molecule has 1 amide bonds. The monoisotopic (exact) mass is 306 g/mol. The third kappa shape index (κ3) is 2.99. The summed E-state index contributed by atoms with van der Waals surface area (Å²) in [5.74, 6) is -1.14. The minimum atomic E-state index is -4.58. The van der Waals surface area contributed by atoms with Crippen LogP contribution >= 0.6 is 11.6 Å². The van der Waals surface area contributed by atoms with E-state index >= 15 is 0 Å². The second-order valence-corrected chi connectivity index (χ2v) is 4.11. The molecule has 10 heteroatoms. The topological polar surface area (TPSA) is 94.0 Å². The maximum atomic E-state index is 12.6. The normalized spacial score (nSPS) is 11.4. The predicted octanol–water partition coefficient (Wildman–Crippen LogP) is 2.58. The van der Waals surface area contributed by atoms with Crippen LogP contribution in [0.4, 0.5) is 24.7 Å². The Hall–Kier alpha value is -2.29. The molecule has 0 aliphatic carbocycles. The molecule has 2 rings (SSSR count). The number of halogens is 4. The highest BCUT2D eigenvalue weighted by Crippen LogP contribution is 2.33. The Balaban J connectivity index is 2.28. The second-order valence-electron chi connectivity index (χ2n) is 3.68. The molecule has 1 aromatic heterocycles. The van der Waals surface area contributed by atoms with Gasteiger partial charge in [0.1, 0.15) is 0 Å². The lowest BCUT2D eigenvalue weighted by Crippen LogP contribution is -2.15. The SMILES string of the molecule is Nc1nonc1C(=O)Nc1cc(Cl)cc(C(F)(F)F)c1. The Bertz CT molecular complexity index is 656. The first kappa shape index (κ1) is 14.1. The van der Waals surface area contributed by atoms with E-state index in [4.69, 9.17) is 17.3 Å². The Kier molecular flexibility index (Phi) is 3.53. The van der Waals surface area contributed by atoms with Crippen molar-refractivity contribution in [3.05, 3.63) is 34.5 Å². The van der Waals surface area contributed by atoms with Gasteiger partial charge in [0.25, 0.3) is 5.91 Å². The number of carbonyl (C=O) groups is 1. The number of hydrogen-bond acceptors (Lipinski definition) is 5. The number of benzene rings is 1. The number of nitrogens with two attached hydrogens (primary N) is 1. The molecule has 0 spiro atoms. The van der Waals surface area contributed by atoms with Crippen molar-refractivity contribution in [2.45, 2.75) is 6.18 Å². The summed E-state index contributed by atoms with van der Waals surface area (Å²) in [5.41, 5.74) is 3.81. The lowest BCUT2D eigenvalue weighted by molar-refractivity contribution is -0.137. The highest BCUT2D eigenvalue weighted by Gasteiger charge is 2.31. The molecule has 1 heterocycles. The molecule has 0 unspecified atom stereocenters. The quantitative estimate of drug-likeness (QED) is 0.889. The second kappa shape index (κ2) is 5.00. The molecule has 0 bridgehead atoms. The Morgan fingerprint density at radius 3 is 2.55 bits per heavy atom. The molecule has 2 aromatic rings. The van der Waals surface area contributed by atoms with E-state index in [0.717, 1.165) is 18.2 Å². The molecule has 3 N–H and O–H groups in total. The van der Waals surface area contributed by atoms with E-state index in [0.29, 0.717) is 0 Å². The third-order valence-corrected chi connectivity index (χ3v) is 2.43. The number of aromatic nitrogens is 2. The molecular formula is C10H6ClF3N4O2. The average molecular weight is 307 g/mol. The van der Waals surface area contributed by atoms with E-state index < -0.39 is 17.6 Å². The summed E-state index contributed by atoms with van der Waals surface area (Å²) in [5, 5.41) is 8.40. The molecule has 0 aliphatic heterocycles. The van der Waals surface area contributed by atoms with E-state index in [2.05, 4.69) is 20.3 Å². The highest BCUT2D eigenvalue weighted by molar-refractivity contribution is 6.31. The van der Waals surface area contributed by atoms with E-state index in [-0.39, 0.29) is 22.2 Å². The van der Waals surface area contributed by atoms with Gasteiger partial charge < -0.3 is 11.1 Å². The number of hydrogen-bond donors (Lipinski definition) is 2. The summed E-state index contributed by atoms with van der Waals surface area (Å²) < 4.78 is 42.0. The standard InChI is InChI=1S/C10H6ClF3N4O2/c11-5-1-4(10(12,13)14)2-6(3-5)16-9(19)7-8(15)18-20-17-7/h1-3H,(H2,15,18)(H,16,19). The Morgan fingerprint density at radius 2 is 2.00 bits per heavy atom. The van der Waals surface area contributed by atoms with Crippen molar-refractivity contribution in [3.63, 3.8) is 0 Å². The third-order valence-electron chi connectivity index (χ3n) is 2.21. The minimum absolute atomic E-state index is 0.155. The summed E-state index contributed by atoms with van der Waals surface area (Å²) >= 11 is 5.57. The van der Waals surface area contributed by atoms with Crippen molar-refractivity contribution < 1.29 is 22.6 Å². The lowest BCUT2D eigenvalue weighted by Gasteiger charge is -2.10. The molecule has 0 atom stereocenters. The molecule has 6 nitrogen and oxygen atoms in total. The molecule has 0 radical (unpaired) electrons. The predicted molar refractivity (Wildman–Crippen MR) is 63.1 cm³/mol. The first-order valence-corrected chi connectivity index (χ1v) is 5.42. The number of anilines is 2. The fraction of sp³-hybridized carbons (Fsp3) is 0.100. The van der Waals surface area contributed by atoms with Gasteiger partial charge in [-0.2, -0.15) is 13.2 Å². The Morgan fingerprint density at radius 1 is 1.30 bits per heavy atom. The number of alkyl halides is 3. The van der Waals surface area contributed by atoms with Crippen LogP contribution in [0.25, 0.3) is 0 Å². The van der Waals surface area contributed by atoms with E-state index in [1.165, 1.54) is 0 Å². The molecule has 0 saturated carbocycles. The fourth-order valence-electron chi connectivity index (χ4n) is 1.37. The first-order valence-electron chi connectivity index (χ1n) is 5.04. The number of nitrogens with one attached hydrogen (secondary N) is 1. The van der Waals surface area contributed by atoms with Crippen molar-refractivity contribution in [1.82, 2.24) is 10.3 Å². The number of nitrogen functional groups attached to an aromatic ring is 1. The molecule has 0 aliphatic rings. The molecular weight excluding hydrogens is 301 g/mol. The zero-order valence-corrected chi connectivity index (χ0v) is 10.3. The summed E-state index contributed by atoms with van der Waals surface area (Å²) in [7, 11) is 0. The summed E-state index contributed by atoms with van der Waals surface area (Å²) in [6, 6.07) is 2.62.